The van der Waals surface area contributed by atoms with Crippen LogP contribution < -0.4 is 4.74 Å². The van der Waals surface area contributed by atoms with Crippen molar-refractivity contribution in [1.82, 2.24) is 19.9 Å². The molecule has 1 aromatic heterocycles. The van der Waals surface area contributed by atoms with E-state index in [1.165, 1.54) is 5.56 Å². The standard InChI is InChI=1S/C16H21ClN4O2/c1-11-18-16(23-19-11)14-10-21(7-6-20(14)2)9-12-4-5-15(22-3)13(17)8-12/h4-5,8,14H,6-7,9-10H2,1-3H3. The van der Waals surface area contributed by atoms with Gasteiger partial charge in [-0.25, -0.2) is 0 Å². The third-order valence-corrected chi connectivity index (χ3v) is 4.48. The fourth-order valence-corrected chi connectivity index (χ4v) is 3.14. The molecule has 1 fully saturated rings. The third kappa shape index (κ3) is 3.65. The van der Waals surface area contributed by atoms with Crippen molar-refractivity contribution in [1.29, 1.82) is 0 Å². The van der Waals surface area contributed by atoms with Crippen LogP contribution >= 0.6 is 11.6 Å². The van der Waals surface area contributed by atoms with Gasteiger partial charge in [-0.3, -0.25) is 9.80 Å². The number of hydrogen-bond acceptors (Lipinski definition) is 6. The van der Waals surface area contributed by atoms with Gasteiger partial charge in [0.05, 0.1) is 12.1 Å². The summed E-state index contributed by atoms with van der Waals surface area (Å²) in [5, 5.41) is 4.55. The predicted octanol–water partition coefficient (Wildman–Crippen LogP) is 2.53. The van der Waals surface area contributed by atoms with Crippen LogP contribution in [-0.4, -0.2) is 53.7 Å². The number of aromatic nitrogens is 2. The van der Waals surface area contributed by atoms with Crippen molar-refractivity contribution in [2.24, 2.45) is 0 Å². The van der Waals surface area contributed by atoms with Gasteiger partial charge < -0.3 is 9.26 Å². The van der Waals surface area contributed by atoms with Gasteiger partial charge in [-0.15, -0.1) is 0 Å². The minimum Gasteiger partial charge on any atom is -0.495 e. The molecule has 0 saturated carbocycles. The number of likely N-dealkylation sites (N-methyl/N-ethyl adjacent to an activating group) is 1. The molecule has 3 rings (SSSR count). The lowest BCUT2D eigenvalue weighted by atomic mass is 10.1. The van der Waals surface area contributed by atoms with E-state index in [2.05, 4.69) is 33.1 Å². The van der Waals surface area contributed by atoms with Gasteiger partial charge in [0.25, 0.3) is 0 Å². The Balaban J connectivity index is 1.70. The highest BCUT2D eigenvalue weighted by molar-refractivity contribution is 6.32. The van der Waals surface area contributed by atoms with Crippen LogP contribution in [0.4, 0.5) is 0 Å². The Labute approximate surface area is 141 Å². The van der Waals surface area contributed by atoms with Crippen molar-refractivity contribution in [3.8, 4) is 5.75 Å². The summed E-state index contributed by atoms with van der Waals surface area (Å²) in [6.07, 6.45) is 0. The Morgan fingerprint density at radius 2 is 2.22 bits per heavy atom. The molecule has 2 aromatic rings. The van der Waals surface area contributed by atoms with Gasteiger partial charge in [0.1, 0.15) is 11.8 Å². The third-order valence-electron chi connectivity index (χ3n) is 4.18. The molecule has 23 heavy (non-hydrogen) atoms. The molecular formula is C16H21ClN4O2. The number of nitrogens with zero attached hydrogens (tertiary/aromatic N) is 4. The highest BCUT2D eigenvalue weighted by atomic mass is 35.5. The number of benzene rings is 1. The van der Waals surface area contributed by atoms with E-state index in [-0.39, 0.29) is 6.04 Å². The number of hydrogen-bond donors (Lipinski definition) is 0. The van der Waals surface area contributed by atoms with E-state index in [4.69, 9.17) is 20.9 Å². The molecule has 1 aromatic carbocycles. The second-order valence-corrected chi connectivity index (χ2v) is 6.29. The normalized spacial score (nSPS) is 19.9. The lowest BCUT2D eigenvalue weighted by Crippen LogP contribution is -2.46. The molecule has 6 nitrogen and oxygen atoms in total. The first-order chi connectivity index (χ1) is 11.1. The van der Waals surface area contributed by atoms with Gasteiger partial charge in [-0.1, -0.05) is 22.8 Å². The molecule has 1 aliphatic rings. The summed E-state index contributed by atoms with van der Waals surface area (Å²) in [7, 11) is 3.71. The van der Waals surface area contributed by atoms with Gasteiger partial charge in [0.15, 0.2) is 5.82 Å². The van der Waals surface area contributed by atoms with E-state index in [9.17, 15) is 0 Å². The Hall–Kier alpha value is -1.63. The van der Waals surface area contributed by atoms with Crippen LogP contribution in [0.2, 0.25) is 5.02 Å². The molecule has 0 radical (unpaired) electrons. The molecular weight excluding hydrogens is 316 g/mol. The first-order valence-corrected chi connectivity index (χ1v) is 8.00. The van der Waals surface area contributed by atoms with Crippen LogP contribution in [0.1, 0.15) is 23.3 Å². The van der Waals surface area contributed by atoms with E-state index in [0.29, 0.717) is 22.5 Å². The summed E-state index contributed by atoms with van der Waals surface area (Å²) in [6, 6.07) is 6.05. The Morgan fingerprint density at radius 3 is 2.87 bits per heavy atom. The second-order valence-electron chi connectivity index (χ2n) is 5.88. The smallest absolute Gasteiger partial charge is 0.245 e. The second kappa shape index (κ2) is 6.86. The van der Waals surface area contributed by atoms with Crippen LogP contribution in [0.15, 0.2) is 22.7 Å². The molecule has 0 amide bonds. The largest absolute Gasteiger partial charge is 0.495 e. The number of aryl methyl sites for hydroxylation is 1. The van der Waals surface area contributed by atoms with Gasteiger partial charge in [-0.05, 0) is 31.7 Å². The summed E-state index contributed by atoms with van der Waals surface area (Å²) in [4.78, 5) is 9.01. The van der Waals surface area contributed by atoms with Crippen molar-refractivity contribution < 1.29 is 9.26 Å². The quantitative estimate of drug-likeness (QED) is 0.855. The van der Waals surface area contributed by atoms with Gasteiger partial charge in [0.2, 0.25) is 5.89 Å². The fourth-order valence-electron chi connectivity index (χ4n) is 2.86. The van der Waals surface area contributed by atoms with Crippen LogP contribution in [0.25, 0.3) is 0 Å². The van der Waals surface area contributed by atoms with E-state index < -0.39 is 0 Å². The van der Waals surface area contributed by atoms with Gasteiger partial charge >= 0.3 is 0 Å². The highest BCUT2D eigenvalue weighted by Crippen LogP contribution is 2.27. The number of ether oxygens (including phenoxy) is 1. The zero-order chi connectivity index (χ0) is 16.4. The van der Waals surface area contributed by atoms with E-state index in [1.807, 2.05) is 19.1 Å². The zero-order valence-corrected chi connectivity index (χ0v) is 14.4. The molecule has 0 N–H and O–H groups in total. The van der Waals surface area contributed by atoms with Crippen molar-refractivity contribution in [2.75, 3.05) is 33.8 Å². The molecule has 0 aliphatic carbocycles. The SMILES string of the molecule is COc1ccc(CN2CCN(C)C(c3nc(C)no3)C2)cc1Cl. The van der Waals surface area contributed by atoms with Crippen molar-refractivity contribution in [3.05, 3.63) is 40.5 Å². The topological polar surface area (TPSA) is 54.6 Å². The number of rotatable bonds is 4. The van der Waals surface area contributed by atoms with Crippen LogP contribution in [-0.2, 0) is 6.54 Å². The van der Waals surface area contributed by atoms with Crippen LogP contribution in [0, 0.1) is 6.92 Å². The molecule has 1 atom stereocenters. The Kier molecular flexibility index (Phi) is 4.84. The van der Waals surface area contributed by atoms with Gasteiger partial charge in [0, 0.05) is 26.2 Å². The Morgan fingerprint density at radius 1 is 1.39 bits per heavy atom. The predicted molar refractivity (Wildman–Crippen MR) is 87.7 cm³/mol. The average Bonchev–Trinajstić information content (AvgIpc) is 2.96. The summed E-state index contributed by atoms with van der Waals surface area (Å²) in [5.74, 6) is 2.06. The Bertz CT molecular complexity index is 676. The maximum atomic E-state index is 6.21. The average molecular weight is 337 g/mol. The summed E-state index contributed by atoms with van der Waals surface area (Å²) >= 11 is 6.21. The van der Waals surface area contributed by atoms with Crippen molar-refractivity contribution in [3.63, 3.8) is 0 Å². The van der Waals surface area contributed by atoms with E-state index in [1.54, 1.807) is 7.11 Å². The summed E-state index contributed by atoms with van der Waals surface area (Å²) in [5.41, 5.74) is 1.17. The van der Waals surface area contributed by atoms with E-state index in [0.717, 1.165) is 26.2 Å². The summed E-state index contributed by atoms with van der Waals surface area (Å²) < 4.78 is 10.6. The maximum absolute atomic E-state index is 6.21. The number of methoxy groups -OCH3 is 1. The molecule has 1 saturated heterocycles. The number of halogens is 1. The minimum absolute atomic E-state index is 0.124. The zero-order valence-electron chi connectivity index (χ0n) is 13.6. The van der Waals surface area contributed by atoms with Crippen molar-refractivity contribution >= 4 is 11.6 Å². The van der Waals surface area contributed by atoms with Crippen LogP contribution in [0.3, 0.4) is 0 Å². The molecule has 7 heteroatoms. The molecule has 124 valence electrons. The molecule has 2 heterocycles. The maximum Gasteiger partial charge on any atom is 0.245 e. The van der Waals surface area contributed by atoms with E-state index >= 15 is 0 Å². The van der Waals surface area contributed by atoms with Gasteiger partial charge in [-0.2, -0.15) is 4.98 Å². The molecule has 1 unspecified atom stereocenters. The molecule has 0 spiro atoms. The van der Waals surface area contributed by atoms with Crippen LogP contribution in [0.5, 0.6) is 5.75 Å². The lowest BCUT2D eigenvalue weighted by molar-refractivity contribution is 0.0714. The lowest BCUT2D eigenvalue weighted by Gasteiger charge is -2.37. The first-order valence-electron chi connectivity index (χ1n) is 7.62. The monoisotopic (exact) mass is 336 g/mol. The fraction of sp³-hybridized carbons (Fsp3) is 0.500. The van der Waals surface area contributed by atoms with Crippen molar-refractivity contribution in [2.45, 2.75) is 19.5 Å². The summed E-state index contributed by atoms with van der Waals surface area (Å²) in [6.45, 7) is 5.47. The number of piperazine rings is 1. The highest BCUT2D eigenvalue weighted by Gasteiger charge is 2.29. The molecule has 1 aliphatic heterocycles. The molecule has 0 bridgehead atoms. The first kappa shape index (κ1) is 16.2. The minimum atomic E-state index is 0.124.